The van der Waals surface area contributed by atoms with Gasteiger partial charge in [-0.3, -0.25) is 4.98 Å². The molecule has 0 saturated carbocycles. The van der Waals surface area contributed by atoms with Crippen molar-refractivity contribution in [1.29, 1.82) is 0 Å². The number of hydrogen-bond donors (Lipinski definition) is 1. The molecule has 1 aliphatic rings. The third-order valence-electron chi connectivity index (χ3n) is 3.05. The molecule has 0 radical (unpaired) electrons. The van der Waals surface area contributed by atoms with Gasteiger partial charge in [0.1, 0.15) is 0 Å². The second-order valence-corrected chi connectivity index (χ2v) is 4.76. The first-order valence-corrected chi connectivity index (χ1v) is 6.02. The van der Waals surface area contributed by atoms with Gasteiger partial charge in [0, 0.05) is 23.9 Å². The van der Waals surface area contributed by atoms with Crippen molar-refractivity contribution < 1.29 is 4.74 Å². The number of aryl methyl sites for hydroxylation is 1. The van der Waals surface area contributed by atoms with Crippen molar-refractivity contribution in [2.45, 2.75) is 25.8 Å². The van der Waals surface area contributed by atoms with Gasteiger partial charge >= 0.3 is 0 Å². The second-order valence-electron chi connectivity index (χ2n) is 4.33. The molecule has 0 spiro atoms. The molecule has 0 amide bonds. The fourth-order valence-electron chi connectivity index (χ4n) is 2.14. The number of aromatic nitrogens is 1. The highest BCUT2D eigenvalue weighted by atomic mass is 35.5. The van der Waals surface area contributed by atoms with Gasteiger partial charge in [0.15, 0.2) is 0 Å². The van der Waals surface area contributed by atoms with Crippen LogP contribution in [-0.4, -0.2) is 18.2 Å². The quantitative estimate of drug-likeness (QED) is 0.864. The molecule has 1 saturated heterocycles. The molecule has 1 aromatic heterocycles. The number of rotatable bonds is 2. The highest BCUT2D eigenvalue weighted by Gasteiger charge is 2.23. The minimum absolute atomic E-state index is 0.0266. The molecule has 16 heavy (non-hydrogen) atoms. The van der Waals surface area contributed by atoms with E-state index in [2.05, 4.69) is 4.98 Å². The van der Waals surface area contributed by atoms with Crippen LogP contribution < -0.4 is 5.73 Å². The van der Waals surface area contributed by atoms with Crippen molar-refractivity contribution in [2.24, 2.45) is 11.7 Å². The molecule has 1 fully saturated rings. The van der Waals surface area contributed by atoms with Crippen LogP contribution in [0.4, 0.5) is 0 Å². The lowest BCUT2D eigenvalue weighted by Gasteiger charge is -2.27. The Labute approximate surface area is 101 Å². The molecule has 88 valence electrons. The summed E-state index contributed by atoms with van der Waals surface area (Å²) in [4.78, 5) is 4.46. The van der Waals surface area contributed by atoms with Crippen LogP contribution >= 0.6 is 11.6 Å². The number of nitrogens with zero attached hydrogens (tertiary/aromatic N) is 1. The summed E-state index contributed by atoms with van der Waals surface area (Å²) in [6, 6.07) is 3.69. The highest BCUT2D eigenvalue weighted by Crippen LogP contribution is 2.28. The van der Waals surface area contributed by atoms with E-state index in [1.165, 1.54) is 0 Å². The molecule has 2 N–H and O–H groups in total. The van der Waals surface area contributed by atoms with Gasteiger partial charge in [0.05, 0.1) is 11.7 Å². The monoisotopic (exact) mass is 240 g/mol. The van der Waals surface area contributed by atoms with E-state index in [9.17, 15) is 0 Å². The van der Waals surface area contributed by atoms with Crippen LogP contribution in [0.15, 0.2) is 12.1 Å². The van der Waals surface area contributed by atoms with E-state index in [-0.39, 0.29) is 6.04 Å². The number of hydrogen-bond acceptors (Lipinski definition) is 3. The molecular weight excluding hydrogens is 224 g/mol. The standard InChI is InChI=1S/C12H17ClN2O/c1-8-6-10(13)7-11(15-8)12(14)9-2-4-16-5-3-9/h6-7,9,12H,2-5,14H2,1H3. The average Bonchev–Trinajstić information content (AvgIpc) is 2.28. The first-order valence-electron chi connectivity index (χ1n) is 5.64. The van der Waals surface area contributed by atoms with Crippen LogP contribution in [0.1, 0.15) is 30.3 Å². The third kappa shape index (κ3) is 2.73. The van der Waals surface area contributed by atoms with E-state index >= 15 is 0 Å². The lowest BCUT2D eigenvalue weighted by molar-refractivity contribution is 0.0579. The summed E-state index contributed by atoms with van der Waals surface area (Å²) in [6.07, 6.45) is 2.02. The molecule has 0 aromatic carbocycles. The van der Waals surface area contributed by atoms with Crippen molar-refractivity contribution in [3.63, 3.8) is 0 Å². The number of ether oxygens (including phenoxy) is 1. The van der Waals surface area contributed by atoms with E-state index in [0.717, 1.165) is 37.4 Å². The summed E-state index contributed by atoms with van der Waals surface area (Å²) >= 11 is 6.01. The van der Waals surface area contributed by atoms with Crippen molar-refractivity contribution in [3.05, 3.63) is 28.5 Å². The van der Waals surface area contributed by atoms with Crippen molar-refractivity contribution >= 4 is 11.6 Å². The van der Waals surface area contributed by atoms with Gasteiger partial charge in [-0.05, 0) is 37.8 Å². The SMILES string of the molecule is Cc1cc(Cl)cc(C(N)C2CCOCC2)n1. The fraction of sp³-hybridized carbons (Fsp3) is 0.583. The van der Waals surface area contributed by atoms with E-state index in [1.54, 1.807) is 0 Å². The zero-order chi connectivity index (χ0) is 11.5. The maximum atomic E-state index is 6.23. The topological polar surface area (TPSA) is 48.1 Å². The maximum absolute atomic E-state index is 6.23. The van der Waals surface area contributed by atoms with E-state index in [0.29, 0.717) is 10.9 Å². The molecule has 4 heteroatoms. The molecule has 3 nitrogen and oxygen atoms in total. The summed E-state index contributed by atoms with van der Waals surface area (Å²) in [5, 5.41) is 0.713. The van der Waals surface area contributed by atoms with Crippen LogP contribution in [0.2, 0.25) is 5.02 Å². The van der Waals surface area contributed by atoms with Crippen LogP contribution in [0.25, 0.3) is 0 Å². The lowest BCUT2D eigenvalue weighted by atomic mass is 9.90. The molecule has 0 aliphatic carbocycles. The smallest absolute Gasteiger partial charge is 0.0591 e. The van der Waals surface area contributed by atoms with Crippen molar-refractivity contribution in [1.82, 2.24) is 4.98 Å². The minimum Gasteiger partial charge on any atom is -0.381 e. The maximum Gasteiger partial charge on any atom is 0.0591 e. The van der Waals surface area contributed by atoms with Crippen LogP contribution in [0.5, 0.6) is 0 Å². The van der Waals surface area contributed by atoms with E-state index in [4.69, 9.17) is 22.1 Å². The van der Waals surface area contributed by atoms with Crippen molar-refractivity contribution in [3.8, 4) is 0 Å². The Kier molecular flexibility index (Phi) is 3.79. The zero-order valence-electron chi connectivity index (χ0n) is 9.45. The van der Waals surface area contributed by atoms with Gasteiger partial charge in [-0.2, -0.15) is 0 Å². The zero-order valence-corrected chi connectivity index (χ0v) is 10.2. The van der Waals surface area contributed by atoms with Crippen LogP contribution in [0, 0.1) is 12.8 Å². The highest BCUT2D eigenvalue weighted by molar-refractivity contribution is 6.30. The summed E-state index contributed by atoms with van der Waals surface area (Å²) in [7, 11) is 0. The van der Waals surface area contributed by atoms with Gasteiger partial charge in [-0.25, -0.2) is 0 Å². The number of pyridine rings is 1. The minimum atomic E-state index is -0.0266. The Balaban J connectivity index is 2.15. The first kappa shape index (κ1) is 11.8. The van der Waals surface area contributed by atoms with Crippen LogP contribution in [0.3, 0.4) is 0 Å². The Morgan fingerprint density at radius 2 is 2.12 bits per heavy atom. The molecule has 1 aliphatic heterocycles. The van der Waals surface area contributed by atoms with Crippen molar-refractivity contribution in [2.75, 3.05) is 13.2 Å². The molecule has 1 aromatic rings. The fourth-order valence-corrected chi connectivity index (χ4v) is 2.41. The molecule has 0 bridgehead atoms. The predicted octanol–water partition coefficient (Wildman–Crippen LogP) is 2.47. The summed E-state index contributed by atoms with van der Waals surface area (Å²) in [6.45, 7) is 3.54. The number of nitrogens with two attached hydrogens (primary N) is 1. The van der Waals surface area contributed by atoms with Crippen LogP contribution in [-0.2, 0) is 4.74 Å². The second kappa shape index (κ2) is 5.13. The summed E-state index contributed by atoms with van der Waals surface area (Å²) < 4.78 is 5.33. The summed E-state index contributed by atoms with van der Waals surface area (Å²) in [5.74, 6) is 0.458. The van der Waals surface area contributed by atoms with Gasteiger partial charge < -0.3 is 10.5 Å². The Morgan fingerprint density at radius 1 is 1.44 bits per heavy atom. The van der Waals surface area contributed by atoms with Gasteiger partial charge in [0.2, 0.25) is 0 Å². The molecule has 1 unspecified atom stereocenters. The van der Waals surface area contributed by atoms with E-state index < -0.39 is 0 Å². The van der Waals surface area contributed by atoms with Gasteiger partial charge in [0.25, 0.3) is 0 Å². The van der Waals surface area contributed by atoms with Gasteiger partial charge in [-0.1, -0.05) is 11.6 Å². The molecule has 1 atom stereocenters. The average molecular weight is 241 g/mol. The first-order chi connectivity index (χ1) is 7.66. The normalized spacial score (nSPS) is 19.7. The third-order valence-corrected chi connectivity index (χ3v) is 3.27. The Morgan fingerprint density at radius 3 is 2.75 bits per heavy atom. The molecule has 2 heterocycles. The lowest BCUT2D eigenvalue weighted by Crippen LogP contribution is -2.28. The van der Waals surface area contributed by atoms with Gasteiger partial charge in [-0.15, -0.1) is 0 Å². The predicted molar refractivity (Wildman–Crippen MR) is 64.5 cm³/mol. The Hall–Kier alpha value is -0.640. The largest absolute Gasteiger partial charge is 0.381 e. The van der Waals surface area contributed by atoms with E-state index in [1.807, 2.05) is 19.1 Å². The number of halogens is 1. The Bertz CT molecular complexity index is 344. The molecular formula is C12H17ClN2O. The molecule has 2 rings (SSSR count). The summed E-state index contributed by atoms with van der Waals surface area (Å²) in [5.41, 5.74) is 8.05.